The first-order valence-corrected chi connectivity index (χ1v) is 17.3. The number of ether oxygens (including phenoxy) is 2. The Hall–Kier alpha value is -2.88. The average Bonchev–Trinajstić information content (AvgIpc) is 3.37. The summed E-state index contributed by atoms with van der Waals surface area (Å²) in [5.41, 5.74) is 4.01. The molecule has 10 atom stereocenters. The quantitative estimate of drug-likeness (QED) is 0.299. The maximum Gasteiger partial charge on any atom is 0.302 e. The number of rotatable bonds is 7. The molecule has 0 aliphatic heterocycles. The highest BCUT2D eigenvalue weighted by molar-refractivity contribution is 5.79. The van der Waals surface area contributed by atoms with Crippen LogP contribution >= 0.6 is 0 Å². The van der Waals surface area contributed by atoms with E-state index in [1.165, 1.54) is 49.3 Å². The van der Waals surface area contributed by atoms with Gasteiger partial charge < -0.3 is 9.47 Å². The van der Waals surface area contributed by atoms with Crippen LogP contribution in [0, 0.1) is 46.3 Å². The molecule has 0 amide bonds. The lowest BCUT2D eigenvalue weighted by Gasteiger charge is -2.62. The van der Waals surface area contributed by atoms with Crippen LogP contribution in [0.5, 0.6) is 0 Å². The summed E-state index contributed by atoms with van der Waals surface area (Å²) >= 11 is 0. The number of esters is 2. The van der Waals surface area contributed by atoms with Crippen molar-refractivity contribution in [3.63, 3.8) is 0 Å². The summed E-state index contributed by atoms with van der Waals surface area (Å²) < 4.78 is 12.1. The van der Waals surface area contributed by atoms with E-state index in [1.807, 2.05) is 0 Å². The monoisotopic (exact) mass is 596 g/mol. The van der Waals surface area contributed by atoms with Crippen LogP contribution in [0.15, 0.2) is 66.7 Å². The predicted molar refractivity (Wildman–Crippen MR) is 175 cm³/mol. The number of hydrogen-bond acceptors (Lipinski definition) is 4. The second-order valence-electron chi connectivity index (χ2n) is 15.1. The molecule has 4 saturated carbocycles. The third-order valence-electron chi connectivity index (χ3n) is 13.0. The van der Waals surface area contributed by atoms with Gasteiger partial charge >= 0.3 is 11.9 Å². The average molecular weight is 597 g/mol. The Morgan fingerprint density at radius 2 is 1.45 bits per heavy atom. The summed E-state index contributed by atoms with van der Waals surface area (Å²) in [4.78, 5) is 24.4. The maximum atomic E-state index is 12.6. The van der Waals surface area contributed by atoms with Crippen molar-refractivity contribution in [1.82, 2.24) is 0 Å². The lowest BCUT2D eigenvalue weighted by Crippen LogP contribution is -2.59. The summed E-state index contributed by atoms with van der Waals surface area (Å²) in [6.45, 7) is 10.6. The van der Waals surface area contributed by atoms with E-state index < -0.39 is 0 Å². The molecule has 4 aliphatic rings. The molecule has 4 fully saturated rings. The second-order valence-corrected chi connectivity index (χ2v) is 15.1. The fourth-order valence-electron chi connectivity index (χ4n) is 10.9. The largest absolute Gasteiger partial charge is 0.463 e. The van der Waals surface area contributed by atoms with E-state index in [9.17, 15) is 9.59 Å². The molecule has 10 unspecified atom stereocenters. The molecule has 0 bridgehead atoms. The normalized spacial score (nSPS) is 36.6. The molecule has 4 heteroatoms. The fourth-order valence-corrected chi connectivity index (χ4v) is 10.9. The van der Waals surface area contributed by atoms with Gasteiger partial charge in [0.05, 0.1) is 0 Å². The highest BCUT2D eigenvalue weighted by Crippen LogP contribution is 2.69. The van der Waals surface area contributed by atoms with Gasteiger partial charge in [-0.25, -0.2) is 0 Å². The van der Waals surface area contributed by atoms with Crippen LogP contribution < -0.4 is 0 Å². The van der Waals surface area contributed by atoms with Crippen molar-refractivity contribution in [3.8, 4) is 0 Å². The third-order valence-corrected chi connectivity index (χ3v) is 13.0. The van der Waals surface area contributed by atoms with Crippen LogP contribution in [0.4, 0.5) is 0 Å². The second kappa shape index (κ2) is 12.5. The molecule has 0 N–H and O–H groups in total. The van der Waals surface area contributed by atoms with Gasteiger partial charge in [-0.1, -0.05) is 87.5 Å². The van der Waals surface area contributed by atoms with Gasteiger partial charge in [0.2, 0.25) is 0 Å². The minimum Gasteiger partial charge on any atom is -0.463 e. The zero-order valence-corrected chi connectivity index (χ0v) is 27.5. The van der Waals surface area contributed by atoms with Gasteiger partial charge in [0, 0.05) is 19.3 Å². The highest BCUT2D eigenvalue weighted by atomic mass is 16.5. The van der Waals surface area contributed by atoms with Gasteiger partial charge in [-0.3, -0.25) is 9.59 Å². The van der Waals surface area contributed by atoms with Crippen LogP contribution in [0.1, 0.15) is 104 Å². The van der Waals surface area contributed by atoms with Gasteiger partial charge in [-0.2, -0.15) is 0 Å². The molecular formula is C40H52O4. The van der Waals surface area contributed by atoms with E-state index in [4.69, 9.17) is 9.47 Å². The first kappa shape index (κ1) is 31.1. The lowest BCUT2D eigenvalue weighted by molar-refractivity contribution is -0.197. The number of hydrogen-bond donors (Lipinski definition) is 0. The number of fused-ring (bicyclic) bond motifs is 5. The van der Waals surface area contributed by atoms with Crippen molar-refractivity contribution in [2.75, 3.05) is 0 Å². The van der Waals surface area contributed by atoms with Gasteiger partial charge in [0.1, 0.15) is 12.2 Å². The van der Waals surface area contributed by atoms with E-state index in [-0.39, 0.29) is 35.0 Å². The minimum absolute atomic E-state index is 0.0160. The van der Waals surface area contributed by atoms with Gasteiger partial charge in [0.25, 0.3) is 0 Å². The molecule has 236 valence electrons. The molecule has 4 nitrogen and oxygen atoms in total. The van der Waals surface area contributed by atoms with Gasteiger partial charge in [0.15, 0.2) is 0 Å². The molecule has 44 heavy (non-hydrogen) atoms. The number of carbonyl (C=O) groups excluding carboxylic acids is 2. The van der Waals surface area contributed by atoms with Crippen LogP contribution in [0.25, 0.3) is 5.57 Å². The molecule has 0 saturated heterocycles. The first-order chi connectivity index (χ1) is 21.1. The van der Waals surface area contributed by atoms with E-state index in [1.54, 1.807) is 6.92 Å². The smallest absolute Gasteiger partial charge is 0.302 e. The van der Waals surface area contributed by atoms with Crippen LogP contribution in [-0.4, -0.2) is 24.1 Å². The van der Waals surface area contributed by atoms with E-state index in [0.717, 1.165) is 32.1 Å². The van der Waals surface area contributed by atoms with Crippen molar-refractivity contribution >= 4 is 17.5 Å². The Morgan fingerprint density at radius 3 is 2.07 bits per heavy atom. The van der Waals surface area contributed by atoms with Gasteiger partial charge in [-0.05, 0) is 115 Å². The van der Waals surface area contributed by atoms with E-state index >= 15 is 0 Å². The van der Waals surface area contributed by atoms with Crippen molar-refractivity contribution in [1.29, 1.82) is 0 Å². The number of allylic oxidation sites excluding steroid dienone is 1. The standard InChI is InChI=1S/C40H52O4/c1-26(16-18-33(29-12-8-6-9-13-29)30-14-10-7-11-15-30)35-20-21-36-34-19-17-31-24-32(43-27(2)41)22-23-39(31,4)37(34)25-38(40(35,36)5)44-28(3)42/h6-15,18,26,31-32,34-38H,16-17,19-25H2,1-5H3. The third kappa shape index (κ3) is 5.67. The van der Waals surface area contributed by atoms with Crippen molar-refractivity contribution in [3.05, 3.63) is 77.9 Å². The fraction of sp³-hybridized carbons (Fsp3) is 0.600. The summed E-state index contributed by atoms with van der Waals surface area (Å²) in [6.07, 6.45) is 12.4. The Bertz CT molecular complexity index is 1310. The molecule has 4 aliphatic carbocycles. The molecular weight excluding hydrogens is 544 g/mol. The minimum atomic E-state index is -0.156. The molecule has 6 rings (SSSR count). The van der Waals surface area contributed by atoms with Crippen molar-refractivity contribution < 1.29 is 19.1 Å². The first-order valence-electron chi connectivity index (χ1n) is 17.3. The molecule has 0 radical (unpaired) electrons. The summed E-state index contributed by atoms with van der Waals surface area (Å²) in [5, 5.41) is 0. The van der Waals surface area contributed by atoms with Gasteiger partial charge in [-0.15, -0.1) is 0 Å². The van der Waals surface area contributed by atoms with Crippen LogP contribution in [0.3, 0.4) is 0 Å². The molecule has 0 spiro atoms. The van der Waals surface area contributed by atoms with Crippen LogP contribution in [-0.2, 0) is 19.1 Å². The van der Waals surface area contributed by atoms with E-state index in [0.29, 0.717) is 35.5 Å². The molecule has 2 aromatic carbocycles. The Balaban J connectivity index is 1.26. The number of carbonyl (C=O) groups is 2. The molecule has 0 aromatic heterocycles. The van der Waals surface area contributed by atoms with Crippen molar-refractivity contribution in [2.45, 2.75) is 105 Å². The summed E-state index contributed by atoms with van der Waals surface area (Å²) in [7, 11) is 0. The highest BCUT2D eigenvalue weighted by Gasteiger charge is 2.65. The zero-order chi connectivity index (χ0) is 31.1. The SMILES string of the molecule is CC(=O)OC1CCC2(C)C(CCC3C2CC(OC(C)=O)C2(C)C(C(C)CC=C(c4ccccc4)c4ccccc4)CCC32)C1. The summed E-state index contributed by atoms with van der Waals surface area (Å²) in [6, 6.07) is 21.5. The molecule has 0 heterocycles. The van der Waals surface area contributed by atoms with Crippen molar-refractivity contribution in [2.24, 2.45) is 46.3 Å². The zero-order valence-electron chi connectivity index (χ0n) is 27.5. The molecule has 2 aromatic rings. The predicted octanol–water partition coefficient (Wildman–Crippen LogP) is 9.28. The van der Waals surface area contributed by atoms with Crippen LogP contribution in [0.2, 0.25) is 0 Å². The Kier molecular flexibility index (Phi) is 8.83. The topological polar surface area (TPSA) is 52.6 Å². The Morgan fingerprint density at radius 1 is 0.818 bits per heavy atom. The van der Waals surface area contributed by atoms with E-state index in [2.05, 4.69) is 87.5 Å². The lowest BCUT2D eigenvalue weighted by atomic mass is 9.43. The maximum absolute atomic E-state index is 12.6. The summed E-state index contributed by atoms with van der Waals surface area (Å²) in [5.74, 6) is 3.07. The Labute approximate surface area is 265 Å². The number of benzene rings is 2.